The molecule has 0 fully saturated rings. The summed E-state index contributed by atoms with van der Waals surface area (Å²) in [5.41, 5.74) is 3.86. The third-order valence-electron chi connectivity index (χ3n) is 3.29. The molecule has 5 nitrogen and oxygen atoms in total. The quantitative estimate of drug-likeness (QED) is 0.343. The molecule has 1 radical (unpaired) electrons. The second-order valence-electron chi connectivity index (χ2n) is 5.01. The van der Waals surface area contributed by atoms with Crippen molar-refractivity contribution in [1.29, 1.82) is 0 Å². The Labute approximate surface area is 177 Å². The number of hydrogen-bond donors (Lipinski definition) is 0. The van der Waals surface area contributed by atoms with Crippen molar-refractivity contribution in [1.82, 2.24) is 19.9 Å². The topological polar surface area (TPSA) is 60.8 Å². The molecule has 0 aliphatic heterocycles. The van der Waals surface area contributed by atoms with Crippen molar-refractivity contribution in [3.05, 3.63) is 77.6 Å². The number of thiazole rings is 1. The standard InChI is InChI=1S/C12H8F2NO.C7H4N3S.Ir/c1-16-9-4-5-15-12(7-9)10-3-2-8(13)6-11(10)14;1-2-8-4-9-6(1)7-3-11-5-10-7;/h2,4-7H,1H3;2-5H;/q2*-1;. The number of aromatic nitrogens is 4. The van der Waals surface area contributed by atoms with Gasteiger partial charge < -0.3 is 14.7 Å². The van der Waals surface area contributed by atoms with E-state index in [1.165, 1.54) is 19.6 Å². The Balaban J connectivity index is 0.000000205. The largest absolute Gasteiger partial charge is 0.497 e. The average Bonchev–Trinajstić information content (AvgIpc) is 3.24. The van der Waals surface area contributed by atoms with Gasteiger partial charge in [0, 0.05) is 37.9 Å². The van der Waals surface area contributed by atoms with Crippen LogP contribution in [0.2, 0.25) is 0 Å². The van der Waals surface area contributed by atoms with Crippen LogP contribution in [0.25, 0.3) is 22.6 Å². The van der Waals surface area contributed by atoms with E-state index >= 15 is 0 Å². The first-order valence-electron chi connectivity index (χ1n) is 7.60. The fraction of sp³-hybridized carbons (Fsp3) is 0.0526. The maximum atomic E-state index is 13.4. The van der Waals surface area contributed by atoms with Gasteiger partial charge in [0.25, 0.3) is 0 Å². The number of nitrogens with zero attached hydrogens (tertiary/aromatic N) is 4. The van der Waals surface area contributed by atoms with Crippen molar-refractivity contribution in [2.75, 3.05) is 7.11 Å². The summed E-state index contributed by atoms with van der Waals surface area (Å²) in [6.45, 7) is 0. The smallest absolute Gasteiger partial charge is 0.113 e. The summed E-state index contributed by atoms with van der Waals surface area (Å²) >= 11 is 1.54. The molecule has 0 bridgehead atoms. The van der Waals surface area contributed by atoms with Gasteiger partial charge in [-0.25, -0.2) is 6.07 Å². The summed E-state index contributed by atoms with van der Waals surface area (Å²) < 4.78 is 31.1. The maximum absolute atomic E-state index is 13.4. The third kappa shape index (κ3) is 5.69. The molecule has 3 heterocycles. The van der Waals surface area contributed by atoms with Crippen molar-refractivity contribution in [2.45, 2.75) is 0 Å². The predicted molar refractivity (Wildman–Crippen MR) is 97.0 cm³/mol. The van der Waals surface area contributed by atoms with Crippen LogP contribution in [0, 0.1) is 23.8 Å². The van der Waals surface area contributed by atoms with Crippen molar-refractivity contribution in [3.63, 3.8) is 0 Å². The van der Waals surface area contributed by atoms with Gasteiger partial charge in [-0.3, -0.25) is 18.7 Å². The molecule has 4 rings (SSSR count). The van der Waals surface area contributed by atoms with Gasteiger partial charge in [0.15, 0.2) is 0 Å². The SMILES string of the molecule is COc1ccnc(-c2[c-]cc(F)cc2F)c1.[Ir].[c-]1cncnc1-c1cscn1. The number of pyridine rings is 1. The van der Waals surface area contributed by atoms with E-state index in [2.05, 4.69) is 32.1 Å². The molecule has 3 aromatic heterocycles. The Morgan fingerprint density at radius 2 is 1.93 bits per heavy atom. The Bertz CT molecular complexity index is 1000. The fourth-order valence-corrected chi connectivity index (χ4v) is 2.58. The zero-order valence-electron chi connectivity index (χ0n) is 14.4. The van der Waals surface area contributed by atoms with Crippen LogP contribution in [0.3, 0.4) is 0 Å². The van der Waals surface area contributed by atoms with Crippen LogP contribution < -0.4 is 4.74 Å². The number of benzene rings is 1. The molecule has 0 N–H and O–H groups in total. The molecular formula is C19H12F2IrN4OS-2. The van der Waals surface area contributed by atoms with Gasteiger partial charge in [0.1, 0.15) is 12.1 Å². The van der Waals surface area contributed by atoms with Gasteiger partial charge in [0.05, 0.1) is 12.6 Å². The van der Waals surface area contributed by atoms with Crippen molar-refractivity contribution >= 4 is 11.3 Å². The van der Waals surface area contributed by atoms with Crippen LogP contribution >= 0.6 is 11.3 Å². The molecule has 0 spiro atoms. The first-order valence-corrected chi connectivity index (χ1v) is 8.55. The number of rotatable bonds is 3. The molecule has 0 unspecified atom stereocenters. The summed E-state index contributed by atoms with van der Waals surface area (Å²) in [6, 6.07) is 10.5. The van der Waals surface area contributed by atoms with Crippen LogP contribution in [0.15, 0.2) is 53.9 Å². The van der Waals surface area contributed by atoms with Gasteiger partial charge >= 0.3 is 0 Å². The Kier molecular flexibility index (Phi) is 8.25. The van der Waals surface area contributed by atoms with Crippen LogP contribution in [-0.4, -0.2) is 27.0 Å². The summed E-state index contributed by atoms with van der Waals surface area (Å²) in [5.74, 6) is -0.799. The zero-order valence-corrected chi connectivity index (χ0v) is 17.6. The Hall–Kier alpha value is -2.61. The molecule has 28 heavy (non-hydrogen) atoms. The van der Waals surface area contributed by atoms with Crippen LogP contribution in [0.5, 0.6) is 5.75 Å². The van der Waals surface area contributed by atoms with Gasteiger partial charge in [-0.15, -0.1) is 12.1 Å². The summed E-state index contributed by atoms with van der Waals surface area (Å²) in [4.78, 5) is 15.8. The summed E-state index contributed by atoms with van der Waals surface area (Å²) in [5, 5.41) is 1.93. The number of ether oxygens (including phenoxy) is 1. The summed E-state index contributed by atoms with van der Waals surface area (Å²) in [6.07, 6.45) is 4.57. The molecule has 9 heteroatoms. The van der Waals surface area contributed by atoms with Crippen LogP contribution in [-0.2, 0) is 20.1 Å². The molecule has 0 saturated carbocycles. The normalized spacial score (nSPS) is 9.68. The molecule has 0 aliphatic carbocycles. The van der Waals surface area contributed by atoms with E-state index in [9.17, 15) is 8.78 Å². The molecule has 0 amide bonds. The Morgan fingerprint density at radius 3 is 2.57 bits per heavy atom. The number of halogens is 2. The molecule has 0 aliphatic rings. The van der Waals surface area contributed by atoms with E-state index in [0.29, 0.717) is 11.4 Å². The van der Waals surface area contributed by atoms with Crippen LogP contribution in [0.4, 0.5) is 8.78 Å². The van der Waals surface area contributed by atoms with Crippen molar-refractivity contribution < 1.29 is 33.6 Å². The zero-order chi connectivity index (χ0) is 19.1. The van der Waals surface area contributed by atoms with Gasteiger partial charge in [0.2, 0.25) is 0 Å². The van der Waals surface area contributed by atoms with E-state index in [0.717, 1.165) is 23.5 Å². The minimum absolute atomic E-state index is 0. The van der Waals surface area contributed by atoms with Crippen molar-refractivity contribution in [2.24, 2.45) is 0 Å². The molecular weight excluding hydrogens is 563 g/mol. The third-order valence-corrected chi connectivity index (χ3v) is 3.87. The first kappa shape index (κ1) is 21.7. The van der Waals surface area contributed by atoms with E-state index in [4.69, 9.17) is 4.74 Å². The second-order valence-corrected chi connectivity index (χ2v) is 5.73. The Morgan fingerprint density at radius 1 is 1.07 bits per heavy atom. The van der Waals surface area contributed by atoms with E-state index in [1.807, 2.05) is 5.38 Å². The molecule has 0 atom stereocenters. The maximum Gasteiger partial charge on any atom is 0.113 e. The average molecular weight is 575 g/mol. The number of hydrogen-bond acceptors (Lipinski definition) is 6. The van der Waals surface area contributed by atoms with Gasteiger partial charge in [-0.1, -0.05) is 34.6 Å². The van der Waals surface area contributed by atoms with Gasteiger partial charge in [-0.2, -0.15) is 11.3 Å². The first-order chi connectivity index (χ1) is 13.2. The van der Waals surface area contributed by atoms with Gasteiger partial charge in [-0.05, 0) is 17.8 Å². The monoisotopic (exact) mass is 575 g/mol. The molecule has 145 valence electrons. The van der Waals surface area contributed by atoms with E-state index in [1.54, 1.807) is 35.2 Å². The van der Waals surface area contributed by atoms with E-state index < -0.39 is 11.6 Å². The fourth-order valence-electron chi connectivity index (χ4n) is 2.05. The minimum atomic E-state index is -0.694. The number of methoxy groups -OCH3 is 1. The van der Waals surface area contributed by atoms with Crippen molar-refractivity contribution in [3.8, 4) is 28.4 Å². The van der Waals surface area contributed by atoms with Crippen LogP contribution in [0.1, 0.15) is 0 Å². The molecule has 4 aromatic rings. The minimum Gasteiger partial charge on any atom is -0.497 e. The molecule has 1 aromatic carbocycles. The van der Waals surface area contributed by atoms with E-state index in [-0.39, 0.29) is 25.7 Å². The predicted octanol–water partition coefficient (Wildman–Crippen LogP) is 4.23. The molecule has 0 saturated heterocycles. The second kappa shape index (κ2) is 10.7. The summed E-state index contributed by atoms with van der Waals surface area (Å²) in [7, 11) is 1.50.